The number of rotatable bonds is 28. The van der Waals surface area contributed by atoms with Crippen LogP contribution in [0.2, 0.25) is 0 Å². The largest absolute Gasteiger partial charge is 0.387 e. The molecule has 0 spiro atoms. The minimum Gasteiger partial charge on any atom is -0.387 e. The number of nitrogens with two attached hydrogens (primary N) is 1. The Morgan fingerprint density at radius 2 is 1.20 bits per heavy atom. The van der Waals surface area contributed by atoms with E-state index in [0.717, 1.165) is 0 Å². The minimum atomic E-state index is -2.13. The highest BCUT2D eigenvalue weighted by Crippen LogP contribution is 2.17. The second-order valence-corrected chi connectivity index (χ2v) is 13.0. The lowest BCUT2D eigenvalue weighted by molar-refractivity contribution is -0.155. The second kappa shape index (κ2) is 27.2. The first-order valence-electron chi connectivity index (χ1n) is 18.4. The number of carbonyl (C=O) groups excluding carboxylic acids is 6. The molecule has 1 aromatic rings. The minimum absolute atomic E-state index is 0.00340. The molecule has 56 heavy (non-hydrogen) atoms. The second-order valence-electron chi connectivity index (χ2n) is 13.0. The summed E-state index contributed by atoms with van der Waals surface area (Å²) in [6.07, 6.45) is -8.80. The van der Waals surface area contributed by atoms with Gasteiger partial charge in [-0.3, -0.25) is 24.0 Å². The number of aliphatic hydroxyl groups excluding tert-OH is 5. The van der Waals surface area contributed by atoms with Crippen LogP contribution >= 0.6 is 0 Å². The van der Waals surface area contributed by atoms with Gasteiger partial charge < -0.3 is 78.0 Å². The fourth-order valence-electron chi connectivity index (χ4n) is 5.00. The first kappa shape index (κ1) is 49.5. The van der Waals surface area contributed by atoms with E-state index in [9.17, 15) is 54.3 Å². The van der Waals surface area contributed by atoms with E-state index in [0.29, 0.717) is 18.5 Å². The molecule has 21 nitrogen and oxygen atoms in total. The summed E-state index contributed by atoms with van der Waals surface area (Å²) in [5.41, 5.74) is 5.70. The molecular formula is C35H60N8O13. The number of ether oxygens (including phenoxy) is 2. The third kappa shape index (κ3) is 18.4. The van der Waals surface area contributed by atoms with Crippen molar-refractivity contribution in [3.8, 4) is 0 Å². The van der Waals surface area contributed by atoms with E-state index in [1.54, 1.807) is 14.0 Å². The van der Waals surface area contributed by atoms with Gasteiger partial charge in [0.05, 0.1) is 32.5 Å². The Labute approximate surface area is 325 Å². The lowest BCUT2D eigenvalue weighted by Crippen LogP contribution is -2.54. The monoisotopic (exact) mass is 800 g/mol. The van der Waals surface area contributed by atoms with Crippen LogP contribution < -0.4 is 43.0 Å². The van der Waals surface area contributed by atoms with Crippen LogP contribution in [-0.2, 0) is 33.4 Å². The molecular weight excluding hydrogens is 740 g/mol. The Bertz CT molecular complexity index is 1370. The maximum absolute atomic E-state index is 13.1. The molecule has 0 aromatic heterocycles. The number of carbonyl (C=O) groups is 6. The van der Waals surface area contributed by atoms with Crippen molar-refractivity contribution in [1.29, 1.82) is 0 Å². The third-order valence-electron chi connectivity index (χ3n) is 8.15. The highest BCUT2D eigenvalue weighted by Gasteiger charge is 2.37. The van der Waals surface area contributed by atoms with Gasteiger partial charge in [0.15, 0.2) is 18.3 Å². The van der Waals surface area contributed by atoms with Crippen LogP contribution in [0.5, 0.6) is 0 Å². The number of aliphatic hydroxyl groups is 5. The van der Waals surface area contributed by atoms with E-state index < -0.39 is 72.3 Å². The van der Waals surface area contributed by atoms with Gasteiger partial charge in [0.2, 0.25) is 11.8 Å². The zero-order valence-electron chi connectivity index (χ0n) is 32.3. The van der Waals surface area contributed by atoms with E-state index in [-0.39, 0.29) is 76.4 Å². The van der Waals surface area contributed by atoms with Gasteiger partial charge in [-0.05, 0) is 49.9 Å². The average molecular weight is 801 g/mol. The molecule has 0 saturated heterocycles. The Morgan fingerprint density at radius 1 is 0.679 bits per heavy atom. The molecule has 1 unspecified atom stereocenters. The van der Waals surface area contributed by atoms with Crippen LogP contribution in [-0.4, -0.2) is 157 Å². The number of amides is 7. The fraction of sp³-hybridized carbons (Fsp3) is 0.657. The van der Waals surface area contributed by atoms with Gasteiger partial charge in [0, 0.05) is 31.9 Å². The number of primary amides is 1. The molecule has 14 N–H and O–H groups in total. The van der Waals surface area contributed by atoms with Crippen molar-refractivity contribution in [3.05, 3.63) is 29.8 Å². The van der Waals surface area contributed by atoms with Gasteiger partial charge in [-0.1, -0.05) is 32.9 Å². The number of nitrogens with one attached hydrogen (secondary N) is 7. The molecule has 0 radical (unpaired) electrons. The first-order valence-corrected chi connectivity index (χ1v) is 18.4. The standard InChI is InChI=1S/C35H60N8O13/c1-5-12-38-33(52)28(47)26(45)27(46)29(48)34(53)40-15-17-56-19-18-55-16-14-39-32(51)25(44)21-8-10-22(11-9-21)42-30(49)23(7-6-13-41-35(36)54)43-31(50)24(37-4)20(2)3/h8-11,20,23-29,37,44-48H,5-7,12-19H2,1-4H3,(H,38,52)(H,39,51)(H,40,53)(H,42,49)(H,43,50)(H3,36,41,54)/t23-,24-,25?,26-,27-,28+,29-/m0/s1. The maximum Gasteiger partial charge on any atom is 0.312 e. The third-order valence-corrected chi connectivity index (χ3v) is 8.15. The lowest BCUT2D eigenvalue weighted by atomic mass is 10.0. The SMILES string of the molecule is CCCNC(=O)[C@H](O)[C@@H](O)[C@H](O)[C@H](O)C(=O)NCCOCCOCCNC(=O)C(O)c1ccc(NC(=O)[C@H](CCCNC(N)=O)NC(=O)[C@@H](NC)C(C)C)cc1. The predicted octanol–water partition coefficient (Wildman–Crippen LogP) is -3.93. The van der Waals surface area contributed by atoms with Crippen molar-refractivity contribution in [3.63, 3.8) is 0 Å². The van der Waals surface area contributed by atoms with Gasteiger partial charge in [0.1, 0.15) is 18.2 Å². The summed E-state index contributed by atoms with van der Waals surface area (Å²) in [6.45, 7) is 6.22. The summed E-state index contributed by atoms with van der Waals surface area (Å²) in [5.74, 6) is -3.62. The molecule has 1 rings (SSSR count). The van der Waals surface area contributed by atoms with Crippen LogP contribution in [0.4, 0.5) is 10.5 Å². The van der Waals surface area contributed by atoms with Crippen molar-refractivity contribution in [2.75, 3.05) is 65.0 Å². The summed E-state index contributed by atoms with van der Waals surface area (Å²) >= 11 is 0. The predicted molar refractivity (Wildman–Crippen MR) is 201 cm³/mol. The van der Waals surface area contributed by atoms with Crippen molar-refractivity contribution in [1.82, 2.24) is 31.9 Å². The van der Waals surface area contributed by atoms with Gasteiger partial charge in [0.25, 0.3) is 17.7 Å². The zero-order chi connectivity index (χ0) is 42.2. The van der Waals surface area contributed by atoms with Crippen LogP contribution in [0.25, 0.3) is 0 Å². The molecule has 0 fully saturated rings. The number of urea groups is 1. The van der Waals surface area contributed by atoms with Gasteiger partial charge in [-0.2, -0.15) is 0 Å². The molecule has 0 aliphatic carbocycles. The van der Waals surface area contributed by atoms with E-state index in [2.05, 4.69) is 37.2 Å². The Morgan fingerprint density at radius 3 is 1.68 bits per heavy atom. The summed E-state index contributed by atoms with van der Waals surface area (Å²) in [4.78, 5) is 73.3. The topological polar surface area (TPSA) is 332 Å². The molecule has 0 aliphatic heterocycles. The van der Waals surface area contributed by atoms with Crippen LogP contribution in [0.1, 0.15) is 51.7 Å². The molecule has 318 valence electrons. The van der Waals surface area contributed by atoms with Gasteiger partial charge >= 0.3 is 6.03 Å². The summed E-state index contributed by atoms with van der Waals surface area (Å²) in [5, 5.41) is 68.2. The number of hydrogen-bond acceptors (Lipinski definition) is 14. The fourth-order valence-corrected chi connectivity index (χ4v) is 5.00. The van der Waals surface area contributed by atoms with Crippen LogP contribution in [0.3, 0.4) is 0 Å². The molecule has 7 atom stereocenters. The Kier molecular flexibility index (Phi) is 24.0. The van der Waals surface area contributed by atoms with Crippen molar-refractivity contribution < 1.29 is 63.8 Å². The van der Waals surface area contributed by atoms with Gasteiger partial charge in [-0.25, -0.2) is 4.79 Å². The summed E-state index contributed by atoms with van der Waals surface area (Å²) in [7, 11) is 1.64. The Hall–Kier alpha value is -4.48. The van der Waals surface area contributed by atoms with E-state index in [1.807, 2.05) is 13.8 Å². The van der Waals surface area contributed by atoms with Crippen LogP contribution in [0, 0.1) is 5.92 Å². The molecule has 21 heteroatoms. The smallest absolute Gasteiger partial charge is 0.312 e. The van der Waals surface area contributed by atoms with Gasteiger partial charge in [-0.15, -0.1) is 0 Å². The zero-order valence-corrected chi connectivity index (χ0v) is 32.3. The molecule has 7 amide bonds. The number of benzene rings is 1. The number of likely N-dealkylation sites (N-methyl/N-ethyl adjacent to an activating group) is 1. The normalized spacial score (nSPS) is 15.0. The molecule has 0 saturated carbocycles. The Balaban J connectivity index is 2.42. The molecule has 1 aromatic carbocycles. The molecule has 0 aliphatic rings. The van der Waals surface area contributed by atoms with Crippen molar-refractivity contribution >= 4 is 41.3 Å². The highest BCUT2D eigenvalue weighted by atomic mass is 16.5. The number of anilines is 1. The van der Waals surface area contributed by atoms with E-state index in [1.165, 1.54) is 24.3 Å². The molecule has 0 heterocycles. The van der Waals surface area contributed by atoms with E-state index in [4.69, 9.17) is 15.2 Å². The van der Waals surface area contributed by atoms with Crippen molar-refractivity contribution in [2.45, 2.75) is 82.6 Å². The number of hydrogen-bond donors (Lipinski definition) is 13. The average Bonchev–Trinajstić information content (AvgIpc) is 3.17. The van der Waals surface area contributed by atoms with Crippen LogP contribution in [0.15, 0.2) is 24.3 Å². The summed E-state index contributed by atoms with van der Waals surface area (Å²) < 4.78 is 10.7. The maximum atomic E-state index is 13.1. The lowest BCUT2D eigenvalue weighted by Gasteiger charge is -2.25. The first-order chi connectivity index (χ1) is 26.5. The highest BCUT2D eigenvalue weighted by molar-refractivity contribution is 5.98. The van der Waals surface area contributed by atoms with Crippen molar-refractivity contribution in [2.24, 2.45) is 11.7 Å². The summed E-state index contributed by atoms with van der Waals surface area (Å²) in [6, 6.07) is 3.74. The molecule has 0 bridgehead atoms. The quantitative estimate of drug-likeness (QED) is 0.0360. The van der Waals surface area contributed by atoms with E-state index >= 15 is 0 Å².